The molecule has 0 aliphatic heterocycles. The summed E-state index contributed by atoms with van der Waals surface area (Å²) >= 11 is 0. The predicted octanol–water partition coefficient (Wildman–Crippen LogP) is 0.898. The van der Waals surface area contributed by atoms with Gasteiger partial charge >= 0.3 is 5.97 Å². The minimum Gasteiger partial charge on any atom is -0.481 e. The molecule has 0 radical (unpaired) electrons. The smallest absolute Gasteiger partial charge is 0.303 e. The SMILES string of the molecule is C[N+](C)(C)Cc1cc(CCC(=O)O)no1. The Morgan fingerprint density at radius 1 is 1.53 bits per heavy atom. The molecule has 0 unspecified atom stereocenters. The number of carboxylic acids is 1. The van der Waals surface area contributed by atoms with Gasteiger partial charge in [-0.3, -0.25) is 4.79 Å². The number of rotatable bonds is 5. The molecule has 1 heterocycles. The van der Waals surface area contributed by atoms with Crippen LogP contribution in [0, 0.1) is 0 Å². The Bertz CT molecular complexity index is 339. The molecule has 0 bridgehead atoms. The van der Waals surface area contributed by atoms with Crippen molar-refractivity contribution in [1.82, 2.24) is 5.16 Å². The van der Waals surface area contributed by atoms with Gasteiger partial charge in [0, 0.05) is 12.5 Å². The summed E-state index contributed by atoms with van der Waals surface area (Å²) in [5.41, 5.74) is 0.709. The Morgan fingerprint density at radius 3 is 2.73 bits per heavy atom. The lowest BCUT2D eigenvalue weighted by Gasteiger charge is -2.21. The van der Waals surface area contributed by atoms with Gasteiger partial charge in [0.1, 0.15) is 6.54 Å². The number of nitrogens with zero attached hydrogens (tertiary/aromatic N) is 2. The van der Waals surface area contributed by atoms with Crippen molar-refractivity contribution in [2.75, 3.05) is 21.1 Å². The van der Waals surface area contributed by atoms with E-state index in [0.29, 0.717) is 12.1 Å². The molecule has 0 fully saturated rings. The fraction of sp³-hybridized carbons (Fsp3) is 0.600. The van der Waals surface area contributed by atoms with Gasteiger partial charge in [-0.2, -0.15) is 0 Å². The van der Waals surface area contributed by atoms with Gasteiger partial charge in [-0.05, 0) is 0 Å². The molecule has 15 heavy (non-hydrogen) atoms. The largest absolute Gasteiger partial charge is 0.481 e. The van der Waals surface area contributed by atoms with Crippen molar-refractivity contribution in [3.63, 3.8) is 0 Å². The normalized spacial score (nSPS) is 11.7. The summed E-state index contributed by atoms with van der Waals surface area (Å²) in [6.07, 6.45) is 0.520. The van der Waals surface area contributed by atoms with Crippen molar-refractivity contribution < 1.29 is 18.9 Å². The van der Waals surface area contributed by atoms with Crippen LogP contribution in [0.5, 0.6) is 0 Å². The maximum atomic E-state index is 10.3. The van der Waals surface area contributed by atoms with Crippen molar-refractivity contribution in [3.05, 3.63) is 17.5 Å². The number of carboxylic acid groups (broad SMARTS) is 1. The lowest BCUT2D eigenvalue weighted by molar-refractivity contribution is -0.885. The van der Waals surface area contributed by atoms with Crippen LogP contribution in [0.1, 0.15) is 17.9 Å². The van der Waals surface area contributed by atoms with E-state index in [9.17, 15) is 4.79 Å². The van der Waals surface area contributed by atoms with Crippen LogP contribution >= 0.6 is 0 Å². The standard InChI is InChI=1S/C10H16N2O3/c1-12(2,3)7-9-6-8(11-15-9)4-5-10(13)14/h6H,4-5,7H2,1-3H3/p+1. The van der Waals surface area contributed by atoms with E-state index < -0.39 is 5.97 Å². The summed E-state index contributed by atoms with van der Waals surface area (Å²) in [4.78, 5) is 10.3. The summed E-state index contributed by atoms with van der Waals surface area (Å²) in [5, 5.41) is 12.3. The molecule has 0 amide bonds. The number of quaternary nitrogens is 1. The maximum Gasteiger partial charge on any atom is 0.303 e. The molecule has 0 atom stereocenters. The van der Waals surface area contributed by atoms with Gasteiger partial charge in [-0.25, -0.2) is 0 Å². The average Bonchev–Trinajstić information content (AvgIpc) is 2.45. The van der Waals surface area contributed by atoms with E-state index in [1.54, 1.807) is 0 Å². The summed E-state index contributed by atoms with van der Waals surface area (Å²) in [7, 11) is 6.17. The molecular formula is C10H17N2O3+. The zero-order chi connectivity index (χ0) is 11.5. The molecule has 1 rings (SSSR count). The van der Waals surface area contributed by atoms with Gasteiger partial charge in [-0.1, -0.05) is 5.16 Å². The second-order valence-corrected chi connectivity index (χ2v) is 4.63. The van der Waals surface area contributed by atoms with Crippen LogP contribution in [0.2, 0.25) is 0 Å². The highest BCUT2D eigenvalue weighted by Crippen LogP contribution is 2.10. The van der Waals surface area contributed by atoms with Crippen LogP contribution in [-0.2, 0) is 17.8 Å². The van der Waals surface area contributed by atoms with Gasteiger partial charge in [0.15, 0.2) is 5.76 Å². The molecule has 1 aromatic heterocycles. The highest BCUT2D eigenvalue weighted by atomic mass is 16.5. The minimum absolute atomic E-state index is 0.0936. The first kappa shape index (κ1) is 11.7. The third kappa shape index (κ3) is 4.60. The Balaban J connectivity index is 2.53. The van der Waals surface area contributed by atoms with E-state index >= 15 is 0 Å². The second kappa shape index (κ2) is 4.44. The quantitative estimate of drug-likeness (QED) is 0.738. The maximum absolute atomic E-state index is 10.3. The lowest BCUT2D eigenvalue weighted by atomic mass is 10.2. The number of carbonyl (C=O) groups is 1. The number of hydrogen-bond donors (Lipinski definition) is 1. The third-order valence-electron chi connectivity index (χ3n) is 1.83. The fourth-order valence-corrected chi connectivity index (χ4v) is 1.25. The average molecular weight is 213 g/mol. The third-order valence-corrected chi connectivity index (χ3v) is 1.83. The van der Waals surface area contributed by atoms with Crippen LogP contribution in [0.3, 0.4) is 0 Å². The molecule has 5 nitrogen and oxygen atoms in total. The number of aromatic nitrogens is 1. The monoisotopic (exact) mass is 213 g/mol. The number of aryl methyl sites for hydroxylation is 1. The first-order valence-electron chi connectivity index (χ1n) is 4.83. The van der Waals surface area contributed by atoms with Gasteiger partial charge < -0.3 is 14.1 Å². The van der Waals surface area contributed by atoms with Gasteiger partial charge in [-0.15, -0.1) is 0 Å². The first-order valence-corrected chi connectivity index (χ1v) is 4.83. The topological polar surface area (TPSA) is 63.3 Å². The highest BCUT2D eigenvalue weighted by Gasteiger charge is 2.13. The van der Waals surface area contributed by atoms with Crippen LogP contribution in [0.15, 0.2) is 10.6 Å². The summed E-state index contributed by atoms with van der Waals surface area (Å²) in [5.74, 6) is -0.0194. The van der Waals surface area contributed by atoms with Crippen molar-refractivity contribution in [1.29, 1.82) is 0 Å². The zero-order valence-electron chi connectivity index (χ0n) is 9.36. The predicted molar refractivity (Wildman–Crippen MR) is 54.2 cm³/mol. The Hall–Kier alpha value is -1.36. The van der Waals surface area contributed by atoms with Gasteiger partial charge in [0.25, 0.3) is 0 Å². The van der Waals surface area contributed by atoms with Crippen LogP contribution in [-0.4, -0.2) is 41.9 Å². The molecular weight excluding hydrogens is 196 g/mol. The van der Waals surface area contributed by atoms with Gasteiger partial charge in [0.2, 0.25) is 0 Å². The molecule has 5 heteroatoms. The van der Waals surface area contributed by atoms with Gasteiger partial charge in [0.05, 0.1) is 33.3 Å². The lowest BCUT2D eigenvalue weighted by Crippen LogP contribution is -2.33. The molecule has 0 aliphatic rings. The molecule has 84 valence electrons. The summed E-state index contributed by atoms with van der Waals surface area (Å²) < 4.78 is 5.87. The van der Waals surface area contributed by atoms with E-state index in [4.69, 9.17) is 9.63 Å². The van der Waals surface area contributed by atoms with Crippen LogP contribution in [0.25, 0.3) is 0 Å². The molecule has 0 aromatic carbocycles. The van der Waals surface area contributed by atoms with Crippen molar-refractivity contribution in [2.24, 2.45) is 0 Å². The van der Waals surface area contributed by atoms with Crippen molar-refractivity contribution in [2.45, 2.75) is 19.4 Å². The molecule has 0 spiro atoms. The molecule has 1 aromatic rings. The van der Waals surface area contributed by atoms with Crippen LogP contribution in [0.4, 0.5) is 0 Å². The minimum atomic E-state index is -0.814. The van der Waals surface area contributed by atoms with E-state index in [1.807, 2.05) is 6.07 Å². The van der Waals surface area contributed by atoms with E-state index in [-0.39, 0.29) is 6.42 Å². The first-order chi connectivity index (χ1) is 6.87. The van der Waals surface area contributed by atoms with Crippen LogP contribution < -0.4 is 0 Å². The number of hydrogen-bond acceptors (Lipinski definition) is 3. The Labute approximate surface area is 88.9 Å². The van der Waals surface area contributed by atoms with Crippen molar-refractivity contribution >= 4 is 5.97 Å². The second-order valence-electron chi connectivity index (χ2n) is 4.63. The summed E-state index contributed by atoms with van der Waals surface area (Å²) in [6.45, 7) is 0.750. The van der Waals surface area contributed by atoms with E-state index in [1.165, 1.54) is 0 Å². The fourth-order valence-electron chi connectivity index (χ4n) is 1.25. The molecule has 0 saturated heterocycles. The zero-order valence-corrected chi connectivity index (χ0v) is 9.36. The number of aliphatic carboxylic acids is 1. The Morgan fingerprint density at radius 2 is 2.20 bits per heavy atom. The molecule has 0 saturated carbocycles. The molecule has 0 aliphatic carbocycles. The van der Waals surface area contributed by atoms with E-state index in [2.05, 4.69) is 26.3 Å². The highest BCUT2D eigenvalue weighted by molar-refractivity contribution is 5.66. The van der Waals surface area contributed by atoms with Crippen molar-refractivity contribution in [3.8, 4) is 0 Å². The Kier molecular flexibility index (Phi) is 3.47. The molecule has 1 N–H and O–H groups in total. The van der Waals surface area contributed by atoms with E-state index in [0.717, 1.165) is 16.8 Å². The summed E-state index contributed by atoms with van der Waals surface area (Å²) in [6, 6.07) is 1.83.